The molecule has 0 bridgehead atoms. The van der Waals surface area contributed by atoms with Crippen molar-refractivity contribution in [3.63, 3.8) is 0 Å². The van der Waals surface area contributed by atoms with E-state index in [0.29, 0.717) is 32.6 Å². The second-order valence-corrected chi connectivity index (χ2v) is 9.16. The largest absolute Gasteiger partial charge is 0.383 e. The highest BCUT2D eigenvalue weighted by molar-refractivity contribution is 5.92. The van der Waals surface area contributed by atoms with Crippen LogP contribution in [0.25, 0.3) is 22.3 Å². The van der Waals surface area contributed by atoms with E-state index in [0.717, 1.165) is 39.2 Å². The van der Waals surface area contributed by atoms with Crippen molar-refractivity contribution in [1.29, 1.82) is 0 Å². The van der Waals surface area contributed by atoms with Gasteiger partial charge in [0, 0.05) is 37.1 Å². The quantitative estimate of drug-likeness (QED) is 0.661. The van der Waals surface area contributed by atoms with Gasteiger partial charge in [0.2, 0.25) is 0 Å². The van der Waals surface area contributed by atoms with Crippen LogP contribution < -0.4 is 4.90 Å². The summed E-state index contributed by atoms with van der Waals surface area (Å²) in [6.07, 6.45) is -0.425. The number of aromatic nitrogens is 2. The van der Waals surface area contributed by atoms with Gasteiger partial charge >= 0.3 is 0 Å². The van der Waals surface area contributed by atoms with Crippen LogP contribution in [0.5, 0.6) is 0 Å². The minimum Gasteiger partial charge on any atom is -0.383 e. The van der Waals surface area contributed by atoms with Crippen molar-refractivity contribution in [2.24, 2.45) is 5.92 Å². The number of aliphatic hydroxyl groups excluding tert-OH is 1. The molecule has 1 fully saturated rings. The highest BCUT2D eigenvalue weighted by Crippen LogP contribution is 2.30. The topological polar surface area (TPSA) is 69.6 Å². The van der Waals surface area contributed by atoms with Gasteiger partial charge in [-0.05, 0) is 49.4 Å². The fourth-order valence-corrected chi connectivity index (χ4v) is 4.30. The molecular weight excluding hydrogens is 400 g/mol. The zero-order valence-corrected chi connectivity index (χ0v) is 19.4. The molecule has 0 radical (unpaired) electrons. The Morgan fingerprint density at radius 3 is 2.44 bits per heavy atom. The Hall–Kier alpha value is -2.99. The van der Waals surface area contributed by atoms with E-state index >= 15 is 0 Å². The van der Waals surface area contributed by atoms with Crippen LogP contribution in [-0.4, -0.2) is 58.2 Å². The normalized spacial score (nSPS) is 15.4. The van der Waals surface area contributed by atoms with E-state index in [1.54, 1.807) is 4.90 Å². The fraction of sp³-hybridized carbons (Fsp3) is 0.423. The summed E-state index contributed by atoms with van der Waals surface area (Å²) in [5, 5.41) is 11.3. The number of aryl methyl sites for hydroxylation is 2. The van der Waals surface area contributed by atoms with Gasteiger partial charge in [-0.1, -0.05) is 44.2 Å². The average Bonchev–Trinajstić information content (AvgIpc) is 2.77. The summed E-state index contributed by atoms with van der Waals surface area (Å²) in [5.41, 5.74) is 4.26. The maximum atomic E-state index is 12.6. The zero-order chi connectivity index (χ0) is 22.8. The summed E-state index contributed by atoms with van der Waals surface area (Å²) < 4.78 is 0. The lowest BCUT2D eigenvalue weighted by atomic mass is 10.0. The van der Waals surface area contributed by atoms with Crippen molar-refractivity contribution >= 4 is 22.6 Å². The van der Waals surface area contributed by atoms with Crippen LogP contribution >= 0.6 is 0 Å². The smallest absolute Gasteiger partial charge is 0.251 e. The summed E-state index contributed by atoms with van der Waals surface area (Å²) in [5.74, 6) is 1.75. The number of benzene rings is 2. The number of nitrogens with zero attached hydrogens (tertiary/aromatic N) is 4. The number of hydrogen-bond acceptors (Lipinski definition) is 5. The van der Waals surface area contributed by atoms with Crippen molar-refractivity contribution in [1.82, 2.24) is 14.9 Å². The molecule has 1 N–H and O–H groups in total. The molecule has 1 amide bonds. The van der Waals surface area contributed by atoms with Crippen molar-refractivity contribution in [3.8, 4) is 11.4 Å². The monoisotopic (exact) mass is 432 g/mol. The highest BCUT2D eigenvalue weighted by Gasteiger charge is 2.28. The first kappa shape index (κ1) is 22.2. The second kappa shape index (κ2) is 9.25. The van der Waals surface area contributed by atoms with Gasteiger partial charge in [0.15, 0.2) is 5.82 Å². The van der Waals surface area contributed by atoms with Gasteiger partial charge in [-0.2, -0.15) is 0 Å². The van der Waals surface area contributed by atoms with E-state index in [4.69, 9.17) is 9.97 Å². The lowest BCUT2D eigenvalue weighted by Gasteiger charge is -2.37. The minimum atomic E-state index is -0.919. The van der Waals surface area contributed by atoms with Crippen LogP contribution in [0.3, 0.4) is 0 Å². The van der Waals surface area contributed by atoms with Gasteiger partial charge in [0.1, 0.15) is 11.9 Å². The molecule has 6 nitrogen and oxygen atoms in total. The van der Waals surface area contributed by atoms with Crippen molar-refractivity contribution < 1.29 is 9.90 Å². The second-order valence-electron chi connectivity index (χ2n) is 9.16. The van der Waals surface area contributed by atoms with E-state index in [2.05, 4.69) is 49.1 Å². The maximum Gasteiger partial charge on any atom is 0.251 e. The lowest BCUT2D eigenvalue weighted by molar-refractivity contribution is -0.141. The Morgan fingerprint density at radius 1 is 1.03 bits per heavy atom. The molecule has 2 heterocycles. The molecule has 1 aliphatic rings. The van der Waals surface area contributed by atoms with Crippen molar-refractivity contribution in [3.05, 3.63) is 53.6 Å². The third-order valence-corrected chi connectivity index (χ3v) is 6.09. The maximum absolute atomic E-state index is 12.6. The van der Waals surface area contributed by atoms with Crippen LogP contribution in [0.1, 0.15) is 31.4 Å². The van der Waals surface area contributed by atoms with Gasteiger partial charge in [-0.25, -0.2) is 9.97 Å². The molecule has 1 aromatic heterocycles. The third kappa shape index (κ3) is 4.60. The number of carbonyl (C=O) groups is 1. The van der Waals surface area contributed by atoms with E-state index in [1.165, 1.54) is 0 Å². The summed E-state index contributed by atoms with van der Waals surface area (Å²) >= 11 is 0. The van der Waals surface area contributed by atoms with E-state index in [9.17, 15) is 9.90 Å². The molecular formula is C26H32N4O2. The first-order chi connectivity index (χ1) is 15.3. The Morgan fingerprint density at radius 2 is 1.75 bits per heavy atom. The Balaban J connectivity index is 1.63. The molecule has 3 aromatic rings. The molecule has 0 spiro atoms. The van der Waals surface area contributed by atoms with E-state index in [-0.39, 0.29) is 11.8 Å². The Bertz CT molecular complexity index is 1120. The predicted octanol–water partition coefficient (Wildman–Crippen LogP) is 3.97. The van der Waals surface area contributed by atoms with Gasteiger partial charge in [-0.3, -0.25) is 4.79 Å². The van der Waals surface area contributed by atoms with Gasteiger partial charge in [0.25, 0.3) is 5.91 Å². The van der Waals surface area contributed by atoms with Gasteiger partial charge < -0.3 is 14.9 Å². The van der Waals surface area contributed by atoms with Crippen LogP contribution in [0.2, 0.25) is 0 Å². The molecule has 168 valence electrons. The van der Waals surface area contributed by atoms with Crippen molar-refractivity contribution in [2.75, 3.05) is 31.1 Å². The fourth-order valence-electron chi connectivity index (χ4n) is 4.30. The first-order valence-electron chi connectivity index (χ1n) is 11.4. The number of anilines is 1. The lowest BCUT2D eigenvalue weighted by Crippen LogP contribution is -2.52. The summed E-state index contributed by atoms with van der Waals surface area (Å²) in [6.45, 7) is 10.7. The molecule has 2 aromatic carbocycles. The predicted molar refractivity (Wildman–Crippen MR) is 129 cm³/mol. The number of aliphatic hydroxyl groups is 1. The molecule has 0 saturated carbocycles. The van der Waals surface area contributed by atoms with Crippen LogP contribution in [0.4, 0.5) is 5.82 Å². The molecule has 0 unspecified atom stereocenters. The highest BCUT2D eigenvalue weighted by atomic mass is 16.3. The number of fused-ring (bicyclic) bond motifs is 1. The number of carbonyl (C=O) groups excluding carboxylic acids is 1. The number of amides is 1. The summed E-state index contributed by atoms with van der Waals surface area (Å²) in [7, 11) is 0. The molecule has 32 heavy (non-hydrogen) atoms. The van der Waals surface area contributed by atoms with E-state index < -0.39 is 6.10 Å². The first-order valence-corrected chi connectivity index (χ1v) is 11.4. The zero-order valence-electron chi connectivity index (χ0n) is 19.4. The number of piperazine rings is 1. The van der Waals surface area contributed by atoms with E-state index in [1.807, 2.05) is 26.0 Å². The van der Waals surface area contributed by atoms with Gasteiger partial charge in [-0.15, -0.1) is 0 Å². The SMILES string of the molecule is Cc1ccc2c(N3CCN(C(=O)[C@H](O)CC(C)C)CC3)nc(-c3ccccc3C)nc2c1. The van der Waals surface area contributed by atoms with Crippen LogP contribution in [0, 0.1) is 19.8 Å². The van der Waals surface area contributed by atoms with Crippen LogP contribution in [0.15, 0.2) is 42.5 Å². The molecule has 6 heteroatoms. The minimum absolute atomic E-state index is 0.165. The van der Waals surface area contributed by atoms with Crippen molar-refractivity contribution in [2.45, 2.75) is 40.2 Å². The number of hydrogen-bond donors (Lipinski definition) is 1. The molecule has 1 saturated heterocycles. The average molecular weight is 433 g/mol. The Kier molecular flexibility index (Phi) is 6.42. The standard InChI is InChI=1S/C26H32N4O2/c1-17(2)15-23(31)26(32)30-13-11-29(12-14-30)25-21-10-9-18(3)16-22(21)27-24(28-25)20-8-6-5-7-19(20)4/h5-10,16-17,23,31H,11-15H2,1-4H3/t23-/m1/s1. The molecule has 4 rings (SSSR count). The molecule has 0 aliphatic carbocycles. The summed E-state index contributed by atoms with van der Waals surface area (Å²) in [6, 6.07) is 14.4. The third-order valence-electron chi connectivity index (χ3n) is 6.09. The van der Waals surface area contributed by atoms with Gasteiger partial charge in [0.05, 0.1) is 5.52 Å². The number of rotatable bonds is 5. The van der Waals surface area contributed by atoms with Crippen LogP contribution in [-0.2, 0) is 4.79 Å². The Labute approximate surface area is 189 Å². The molecule has 1 aliphatic heterocycles. The molecule has 1 atom stereocenters. The summed E-state index contributed by atoms with van der Waals surface area (Å²) in [4.78, 5) is 26.5.